The van der Waals surface area contributed by atoms with Crippen LogP contribution in [0, 0.1) is 5.82 Å². The number of carbonyl (C=O) groups is 2. The first-order valence-electron chi connectivity index (χ1n) is 7.02. The van der Waals surface area contributed by atoms with E-state index < -0.39 is 23.2 Å². The van der Waals surface area contributed by atoms with Crippen LogP contribution in [0.25, 0.3) is 0 Å². The van der Waals surface area contributed by atoms with E-state index in [0.29, 0.717) is 28.5 Å². The van der Waals surface area contributed by atoms with Crippen molar-refractivity contribution in [1.82, 2.24) is 0 Å². The fraction of sp³-hybridized carbons (Fsp3) is 0.294. The van der Waals surface area contributed by atoms with Crippen LogP contribution in [0.15, 0.2) is 41.5 Å². The zero-order valence-corrected chi connectivity index (χ0v) is 14.1. The fourth-order valence-electron chi connectivity index (χ4n) is 2.82. The highest BCUT2D eigenvalue weighted by atomic mass is 79.9. The molecule has 0 heterocycles. The van der Waals surface area contributed by atoms with Gasteiger partial charge in [0.1, 0.15) is 11.2 Å². The number of halogens is 2. The number of carboxylic acid groups (broad SMARTS) is 2. The minimum Gasteiger partial charge on any atom is -0.480 e. The quantitative estimate of drug-likeness (QED) is 0.764. The van der Waals surface area contributed by atoms with E-state index in [9.17, 15) is 24.2 Å². The molecule has 1 aromatic rings. The van der Waals surface area contributed by atoms with E-state index in [0.717, 1.165) is 0 Å². The molecule has 0 aromatic heterocycles. The summed E-state index contributed by atoms with van der Waals surface area (Å²) in [6.07, 6.45) is 3.26. The highest BCUT2D eigenvalue weighted by molar-refractivity contribution is 9.09. The molecular weight excluding hydrogens is 367 g/mol. The molecule has 1 aliphatic carbocycles. The summed E-state index contributed by atoms with van der Waals surface area (Å²) in [5, 5.41) is 19.7. The summed E-state index contributed by atoms with van der Waals surface area (Å²) in [5.41, 5.74) is -0.0596. The molecule has 2 N–H and O–H groups in total. The normalized spacial score (nSPS) is 20.7. The molecular formula is C17H16BrFO4. The maximum Gasteiger partial charge on any atom is 0.331 e. The highest BCUT2D eigenvalue weighted by Gasteiger charge is 2.43. The standard InChI is InChI=1S/C17H16BrFO4/c1-10-4-6-17(16(22)23,9-13(10)15(20)21)14-8-12(19)3-2-11(14)5-7-18/h2-4,6,8H,5,7,9H2,1H3,(H,20,21)(H,22,23). The summed E-state index contributed by atoms with van der Waals surface area (Å²) >= 11 is 3.30. The van der Waals surface area contributed by atoms with E-state index in [-0.39, 0.29) is 12.0 Å². The fourth-order valence-corrected chi connectivity index (χ4v) is 3.25. The lowest BCUT2D eigenvalue weighted by Crippen LogP contribution is -2.38. The van der Waals surface area contributed by atoms with Gasteiger partial charge in [-0.3, -0.25) is 4.79 Å². The smallest absolute Gasteiger partial charge is 0.331 e. The van der Waals surface area contributed by atoms with Crippen LogP contribution in [0.2, 0.25) is 0 Å². The number of carboxylic acids is 2. The van der Waals surface area contributed by atoms with Crippen LogP contribution in [0.5, 0.6) is 0 Å². The molecule has 1 aromatic carbocycles. The molecule has 6 heteroatoms. The van der Waals surface area contributed by atoms with Gasteiger partial charge in [0.25, 0.3) is 0 Å². The molecule has 2 rings (SSSR count). The molecule has 1 atom stereocenters. The van der Waals surface area contributed by atoms with Crippen LogP contribution in [0.3, 0.4) is 0 Å². The molecule has 0 saturated carbocycles. The van der Waals surface area contributed by atoms with Crippen molar-refractivity contribution in [2.24, 2.45) is 0 Å². The molecule has 1 unspecified atom stereocenters. The van der Waals surface area contributed by atoms with Crippen LogP contribution in [0.1, 0.15) is 24.5 Å². The lowest BCUT2D eigenvalue weighted by molar-refractivity contribution is -0.142. The van der Waals surface area contributed by atoms with Gasteiger partial charge in [0.05, 0.1) is 0 Å². The molecule has 0 aliphatic heterocycles. The van der Waals surface area contributed by atoms with E-state index in [1.165, 1.54) is 24.3 Å². The molecule has 0 amide bonds. The number of aliphatic carboxylic acids is 2. The Balaban J connectivity index is 2.66. The van der Waals surface area contributed by atoms with Crippen molar-refractivity contribution < 1.29 is 24.2 Å². The van der Waals surface area contributed by atoms with Gasteiger partial charge in [-0.1, -0.05) is 34.1 Å². The molecule has 0 saturated heterocycles. The van der Waals surface area contributed by atoms with Gasteiger partial charge >= 0.3 is 11.9 Å². The van der Waals surface area contributed by atoms with Crippen LogP contribution in [0.4, 0.5) is 4.39 Å². The van der Waals surface area contributed by atoms with Gasteiger partial charge in [-0.05, 0) is 42.2 Å². The number of hydrogen-bond donors (Lipinski definition) is 2. The molecule has 4 nitrogen and oxygen atoms in total. The van der Waals surface area contributed by atoms with E-state index >= 15 is 0 Å². The average Bonchev–Trinajstić information content (AvgIpc) is 2.49. The van der Waals surface area contributed by atoms with Crippen LogP contribution in [-0.4, -0.2) is 27.5 Å². The number of benzene rings is 1. The lowest BCUT2D eigenvalue weighted by Gasteiger charge is -2.32. The van der Waals surface area contributed by atoms with Crippen molar-refractivity contribution in [3.05, 3.63) is 58.4 Å². The molecule has 0 radical (unpaired) electrons. The van der Waals surface area contributed by atoms with E-state index in [4.69, 9.17) is 0 Å². The van der Waals surface area contributed by atoms with Crippen LogP contribution in [-0.2, 0) is 21.4 Å². The van der Waals surface area contributed by atoms with Crippen LogP contribution < -0.4 is 0 Å². The number of aryl methyl sites for hydroxylation is 1. The summed E-state index contributed by atoms with van der Waals surface area (Å²) in [7, 11) is 0. The van der Waals surface area contributed by atoms with Gasteiger partial charge in [0.15, 0.2) is 0 Å². The number of allylic oxidation sites excluding steroid dienone is 2. The van der Waals surface area contributed by atoms with Crippen molar-refractivity contribution in [2.75, 3.05) is 5.33 Å². The summed E-state index contributed by atoms with van der Waals surface area (Å²) in [6, 6.07) is 4.02. The number of alkyl halides is 1. The van der Waals surface area contributed by atoms with Gasteiger partial charge in [-0.2, -0.15) is 0 Å². The molecule has 0 spiro atoms. The second-order valence-electron chi connectivity index (χ2n) is 5.49. The first-order chi connectivity index (χ1) is 10.8. The molecule has 0 fully saturated rings. The Morgan fingerprint density at radius 2 is 2.04 bits per heavy atom. The average molecular weight is 383 g/mol. The third-order valence-electron chi connectivity index (χ3n) is 4.11. The van der Waals surface area contributed by atoms with Gasteiger partial charge in [-0.25, -0.2) is 9.18 Å². The second-order valence-corrected chi connectivity index (χ2v) is 6.29. The van der Waals surface area contributed by atoms with Crippen molar-refractivity contribution in [3.8, 4) is 0 Å². The SMILES string of the molecule is CC1=C(C(=O)O)CC(C(=O)O)(c2cc(F)ccc2CCBr)C=C1. The minimum atomic E-state index is -1.58. The lowest BCUT2D eigenvalue weighted by atomic mass is 9.70. The van der Waals surface area contributed by atoms with Gasteiger partial charge < -0.3 is 10.2 Å². The first kappa shape index (κ1) is 17.4. The Labute approximate surface area is 141 Å². The van der Waals surface area contributed by atoms with Crippen molar-refractivity contribution in [1.29, 1.82) is 0 Å². The zero-order valence-electron chi connectivity index (χ0n) is 12.5. The van der Waals surface area contributed by atoms with Crippen molar-refractivity contribution >= 4 is 27.9 Å². The Kier molecular flexibility index (Phi) is 5.04. The predicted molar refractivity (Wildman–Crippen MR) is 87.3 cm³/mol. The number of hydrogen-bond acceptors (Lipinski definition) is 2. The Bertz CT molecular complexity index is 723. The van der Waals surface area contributed by atoms with Gasteiger partial charge in [0.2, 0.25) is 0 Å². The Hall–Kier alpha value is -1.95. The second kappa shape index (κ2) is 6.66. The van der Waals surface area contributed by atoms with E-state index in [1.807, 2.05) is 0 Å². The Morgan fingerprint density at radius 1 is 1.35 bits per heavy atom. The molecule has 122 valence electrons. The first-order valence-corrected chi connectivity index (χ1v) is 8.14. The topological polar surface area (TPSA) is 74.6 Å². The summed E-state index contributed by atoms with van der Waals surface area (Å²) in [5.74, 6) is -2.90. The van der Waals surface area contributed by atoms with E-state index in [1.54, 1.807) is 13.0 Å². The monoisotopic (exact) mass is 382 g/mol. The maximum absolute atomic E-state index is 13.8. The third kappa shape index (κ3) is 3.22. The molecule has 0 bridgehead atoms. The maximum atomic E-state index is 13.8. The summed E-state index contributed by atoms with van der Waals surface area (Å²) in [4.78, 5) is 23.4. The summed E-state index contributed by atoms with van der Waals surface area (Å²) < 4.78 is 13.8. The van der Waals surface area contributed by atoms with Gasteiger partial charge in [-0.15, -0.1) is 0 Å². The van der Waals surface area contributed by atoms with Crippen LogP contribution >= 0.6 is 15.9 Å². The minimum absolute atomic E-state index is 0.0314. The number of rotatable bonds is 5. The van der Waals surface area contributed by atoms with Crippen molar-refractivity contribution in [2.45, 2.75) is 25.2 Å². The predicted octanol–water partition coefficient (Wildman–Crippen LogP) is 3.45. The zero-order chi connectivity index (χ0) is 17.2. The largest absolute Gasteiger partial charge is 0.480 e. The Morgan fingerprint density at radius 3 is 2.61 bits per heavy atom. The van der Waals surface area contributed by atoms with Crippen molar-refractivity contribution in [3.63, 3.8) is 0 Å². The summed E-state index contributed by atoms with van der Waals surface area (Å²) in [6.45, 7) is 1.62. The third-order valence-corrected chi connectivity index (χ3v) is 4.50. The molecule has 23 heavy (non-hydrogen) atoms. The highest BCUT2D eigenvalue weighted by Crippen LogP contribution is 2.40. The van der Waals surface area contributed by atoms with Gasteiger partial charge in [0, 0.05) is 17.3 Å². The van der Waals surface area contributed by atoms with E-state index in [2.05, 4.69) is 15.9 Å². The molecule has 1 aliphatic rings.